The molecule has 0 amide bonds. The fraction of sp³-hybridized carbons (Fsp3) is 0.538. The van der Waals surface area contributed by atoms with E-state index in [4.69, 9.17) is 9.47 Å². The molecule has 1 aliphatic carbocycles. The molecule has 1 saturated carbocycles. The predicted octanol–water partition coefficient (Wildman–Crippen LogP) is 2.93. The topological polar surface area (TPSA) is 18.5 Å². The summed E-state index contributed by atoms with van der Waals surface area (Å²) >= 11 is 0. The fourth-order valence-corrected chi connectivity index (χ4v) is 1.66. The molecule has 0 spiro atoms. The summed E-state index contributed by atoms with van der Waals surface area (Å²) in [5.41, 5.74) is 2.42. The Morgan fingerprint density at radius 1 is 1.27 bits per heavy atom. The van der Waals surface area contributed by atoms with E-state index < -0.39 is 0 Å². The normalized spacial score (nSPS) is 15.3. The molecule has 2 heteroatoms. The van der Waals surface area contributed by atoms with Gasteiger partial charge < -0.3 is 9.47 Å². The lowest BCUT2D eigenvalue weighted by atomic mass is 10.1. The molecule has 1 fully saturated rings. The lowest BCUT2D eigenvalue weighted by Crippen LogP contribution is -2.00. The zero-order valence-electron chi connectivity index (χ0n) is 9.45. The quantitative estimate of drug-likeness (QED) is 0.737. The zero-order chi connectivity index (χ0) is 10.7. The SMILES string of the molecule is COCc1cc(C)cc(OCC2CC2)c1. The van der Waals surface area contributed by atoms with Crippen LogP contribution in [0.4, 0.5) is 0 Å². The fourth-order valence-electron chi connectivity index (χ4n) is 1.66. The third kappa shape index (κ3) is 3.24. The minimum atomic E-state index is 0.654. The Labute approximate surface area is 91.2 Å². The van der Waals surface area contributed by atoms with Crippen LogP contribution < -0.4 is 4.74 Å². The van der Waals surface area contributed by atoms with Crippen molar-refractivity contribution in [1.29, 1.82) is 0 Å². The molecule has 82 valence electrons. The first kappa shape index (κ1) is 10.5. The maximum Gasteiger partial charge on any atom is 0.119 e. The second kappa shape index (κ2) is 4.67. The standard InChI is InChI=1S/C13H18O2/c1-10-5-12(8-14-2)7-13(6-10)15-9-11-3-4-11/h5-7,11H,3-4,8-9H2,1-2H3. The van der Waals surface area contributed by atoms with E-state index in [1.54, 1.807) is 7.11 Å². The lowest BCUT2D eigenvalue weighted by molar-refractivity contribution is 0.184. The Kier molecular flexibility index (Phi) is 3.27. The van der Waals surface area contributed by atoms with Crippen LogP contribution in [0.15, 0.2) is 18.2 Å². The van der Waals surface area contributed by atoms with Crippen LogP contribution in [0.5, 0.6) is 5.75 Å². The highest BCUT2D eigenvalue weighted by atomic mass is 16.5. The van der Waals surface area contributed by atoms with Crippen molar-refractivity contribution in [2.24, 2.45) is 5.92 Å². The molecular formula is C13H18O2. The average Bonchev–Trinajstić information content (AvgIpc) is 2.98. The maximum atomic E-state index is 5.74. The first-order valence-electron chi connectivity index (χ1n) is 5.50. The Balaban J connectivity index is 2.00. The van der Waals surface area contributed by atoms with E-state index in [1.807, 2.05) is 0 Å². The molecule has 0 heterocycles. The molecule has 1 aromatic carbocycles. The van der Waals surface area contributed by atoms with Crippen molar-refractivity contribution in [1.82, 2.24) is 0 Å². The highest BCUT2D eigenvalue weighted by molar-refractivity contribution is 5.33. The Hall–Kier alpha value is -1.02. The first-order valence-corrected chi connectivity index (χ1v) is 5.50. The van der Waals surface area contributed by atoms with Gasteiger partial charge in [-0.15, -0.1) is 0 Å². The monoisotopic (exact) mass is 206 g/mol. The van der Waals surface area contributed by atoms with Gasteiger partial charge in [0.15, 0.2) is 0 Å². The molecule has 0 bridgehead atoms. The maximum absolute atomic E-state index is 5.74. The third-order valence-electron chi connectivity index (χ3n) is 2.60. The number of benzene rings is 1. The van der Waals surface area contributed by atoms with Crippen molar-refractivity contribution in [3.63, 3.8) is 0 Å². The van der Waals surface area contributed by atoms with Gasteiger partial charge in [0.2, 0.25) is 0 Å². The molecule has 0 aromatic heterocycles. The summed E-state index contributed by atoms with van der Waals surface area (Å²) in [6.07, 6.45) is 2.66. The van der Waals surface area contributed by atoms with Gasteiger partial charge in [-0.2, -0.15) is 0 Å². The van der Waals surface area contributed by atoms with E-state index >= 15 is 0 Å². The van der Waals surface area contributed by atoms with Gasteiger partial charge in [0.1, 0.15) is 5.75 Å². The van der Waals surface area contributed by atoms with Gasteiger partial charge >= 0.3 is 0 Å². The summed E-state index contributed by atoms with van der Waals surface area (Å²) in [6.45, 7) is 3.61. The van der Waals surface area contributed by atoms with E-state index in [1.165, 1.54) is 24.0 Å². The lowest BCUT2D eigenvalue weighted by Gasteiger charge is -2.08. The molecule has 1 aromatic rings. The zero-order valence-corrected chi connectivity index (χ0v) is 9.45. The van der Waals surface area contributed by atoms with Gasteiger partial charge in [0.05, 0.1) is 13.2 Å². The van der Waals surface area contributed by atoms with Crippen molar-refractivity contribution in [2.45, 2.75) is 26.4 Å². The molecule has 0 aliphatic heterocycles. The van der Waals surface area contributed by atoms with Crippen molar-refractivity contribution in [3.8, 4) is 5.75 Å². The van der Waals surface area contributed by atoms with Crippen LogP contribution in [0.25, 0.3) is 0 Å². The number of methoxy groups -OCH3 is 1. The first-order chi connectivity index (χ1) is 7.28. The van der Waals surface area contributed by atoms with E-state index in [-0.39, 0.29) is 0 Å². The van der Waals surface area contributed by atoms with Crippen molar-refractivity contribution >= 4 is 0 Å². The Morgan fingerprint density at radius 3 is 2.73 bits per heavy atom. The Morgan fingerprint density at radius 2 is 2.07 bits per heavy atom. The molecule has 2 rings (SSSR count). The smallest absolute Gasteiger partial charge is 0.119 e. The van der Waals surface area contributed by atoms with Crippen LogP contribution in [0, 0.1) is 12.8 Å². The van der Waals surface area contributed by atoms with Gasteiger partial charge in [0, 0.05) is 7.11 Å². The van der Waals surface area contributed by atoms with E-state index in [2.05, 4.69) is 25.1 Å². The number of rotatable bonds is 5. The van der Waals surface area contributed by atoms with Gasteiger partial charge in [-0.05, 0) is 48.9 Å². The van der Waals surface area contributed by atoms with Crippen LogP contribution in [0.2, 0.25) is 0 Å². The van der Waals surface area contributed by atoms with Gasteiger partial charge in [0.25, 0.3) is 0 Å². The summed E-state index contributed by atoms with van der Waals surface area (Å²) in [6, 6.07) is 6.29. The van der Waals surface area contributed by atoms with Crippen molar-refractivity contribution in [3.05, 3.63) is 29.3 Å². The summed E-state index contributed by atoms with van der Waals surface area (Å²) in [7, 11) is 1.72. The molecule has 0 atom stereocenters. The van der Waals surface area contributed by atoms with E-state index in [0.717, 1.165) is 18.3 Å². The summed E-state index contributed by atoms with van der Waals surface area (Å²) in [4.78, 5) is 0. The summed E-state index contributed by atoms with van der Waals surface area (Å²) in [5.74, 6) is 1.78. The van der Waals surface area contributed by atoms with Crippen LogP contribution in [0.3, 0.4) is 0 Å². The molecule has 0 unspecified atom stereocenters. The van der Waals surface area contributed by atoms with E-state index in [0.29, 0.717) is 6.61 Å². The van der Waals surface area contributed by atoms with Crippen LogP contribution in [0.1, 0.15) is 24.0 Å². The van der Waals surface area contributed by atoms with Gasteiger partial charge in [-0.3, -0.25) is 0 Å². The average molecular weight is 206 g/mol. The minimum absolute atomic E-state index is 0.654. The number of hydrogen-bond donors (Lipinski definition) is 0. The van der Waals surface area contributed by atoms with Crippen LogP contribution in [-0.4, -0.2) is 13.7 Å². The second-order valence-corrected chi connectivity index (χ2v) is 4.34. The van der Waals surface area contributed by atoms with Crippen LogP contribution >= 0.6 is 0 Å². The molecule has 15 heavy (non-hydrogen) atoms. The van der Waals surface area contributed by atoms with Gasteiger partial charge in [-0.1, -0.05) is 6.07 Å². The molecule has 1 aliphatic rings. The third-order valence-corrected chi connectivity index (χ3v) is 2.60. The highest BCUT2D eigenvalue weighted by Gasteiger charge is 2.21. The van der Waals surface area contributed by atoms with E-state index in [9.17, 15) is 0 Å². The molecular weight excluding hydrogens is 188 g/mol. The number of hydrogen-bond acceptors (Lipinski definition) is 2. The molecule has 0 saturated heterocycles. The summed E-state index contributed by atoms with van der Waals surface area (Å²) < 4.78 is 10.9. The predicted molar refractivity (Wildman–Crippen MR) is 60.1 cm³/mol. The molecule has 0 N–H and O–H groups in total. The second-order valence-electron chi connectivity index (χ2n) is 4.34. The van der Waals surface area contributed by atoms with Crippen molar-refractivity contribution < 1.29 is 9.47 Å². The largest absolute Gasteiger partial charge is 0.493 e. The van der Waals surface area contributed by atoms with Crippen molar-refractivity contribution in [2.75, 3.05) is 13.7 Å². The molecule has 2 nitrogen and oxygen atoms in total. The number of aryl methyl sites for hydroxylation is 1. The van der Waals surface area contributed by atoms with Gasteiger partial charge in [-0.25, -0.2) is 0 Å². The Bertz CT molecular complexity index is 329. The van der Waals surface area contributed by atoms with Crippen LogP contribution in [-0.2, 0) is 11.3 Å². The summed E-state index contributed by atoms with van der Waals surface area (Å²) in [5, 5.41) is 0. The number of ether oxygens (including phenoxy) is 2. The minimum Gasteiger partial charge on any atom is -0.493 e. The highest BCUT2D eigenvalue weighted by Crippen LogP contribution is 2.30. The molecule has 0 radical (unpaired) electrons.